The molecule has 0 nitrogen and oxygen atoms in total. The lowest BCUT2D eigenvalue weighted by Gasteiger charge is -2.36. The molecular formula is C14H24. The second kappa shape index (κ2) is 2.57. The van der Waals surface area contributed by atoms with Crippen molar-refractivity contribution in [2.24, 2.45) is 40.9 Å². The molecule has 3 rings (SSSR count). The van der Waals surface area contributed by atoms with Crippen LogP contribution < -0.4 is 0 Å². The Morgan fingerprint density at radius 3 is 2.21 bits per heavy atom. The molecule has 0 N–H and O–H groups in total. The summed E-state index contributed by atoms with van der Waals surface area (Å²) in [5.74, 6) is 6.34. The minimum Gasteiger partial charge on any atom is -0.0648 e. The molecule has 0 bridgehead atoms. The first-order chi connectivity index (χ1) is 6.63. The summed E-state index contributed by atoms with van der Waals surface area (Å²) in [7, 11) is 0. The molecule has 0 spiro atoms. The summed E-state index contributed by atoms with van der Waals surface area (Å²) in [5.41, 5.74) is 0.781. The van der Waals surface area contributed by atoms with Crippen LogP contribution in [0.2, 0.25) is 0 Å². The molecular weight excluding hydrogens is 168 g/mol. The molecule has 3 saturated carbocycles. The van der Waals surface area contributed by atoms with E-state index in [1.165, 1.54) is 6.42 Å². The highest BCUT2D eigenvalue weighted by molar-refractivity contribution is 5.17. The Morgan fingerprint density at radius 2 is 1.64 bits per heavy atom. The van der Waals surface area contributed by atoms with Gasteiger partial charge < -0.3 is 0 Å². The van der Waals surface area contributed by atoms with Gasteiger partial charge in [0.1, 0.15) is 0 Å². The van der Waals surface area contributed by atoms with E-state index in [1.54, 1.807) is 12.8 Å². The van der Waals surface area contributed by atoms with Crippen molar-refractivity contribution >= 4 is 0 Å². The van der Waals surface area contributed by atoms with Crippen LogP contribution in [-0.2, 0) is 0 Å². The summed E-state index contributed by atoms with van der Waals surface area (Å²) >= 11 is 0. The predicted molar refractivity (Wildman–Crippen MR) is 59.9 cm³/mol. The lowest BCUT2D eigenvalue weighted by molar-refractivity contribution is 0.115. The third kappa shape index (κ3) is 0.785. The van der Waals surface area contributed by atoms with Crippen LogP contribution in [-0.4, -0.2) is 0 Å². The van der Waals surface area contributed by atoms with E-state index < -0.39 is 0 Å². The molecule has 7 unspecified atom stereocenters. The average molecular weight is 192 g/mol. The zero-order chi connectivity index (χ0) is 10.1. The predicted octanol–water partition coefficient (Wildman–Crippen LogP) is 3.96. The fraction of sp³-hybridized carbons (Fsp3) is 1.00. The molecule has 0 aromatic carbocycles. The molecule has 0 aromatic heterocycles. The van der Waals surface area contributed by atoms with Crippen LogP contribution in [0.5, 0.6) is 0 Å². The summed E-state index contributed by atoms with van der Waals surface area (Å²) in [6.07, 6.45) is 4.61. The molecule has 3 fully saturated rings. The Hall–Kier alpha value is 0. The molecule has 3 aliphatic rings. The van der Waals surface area contributed by atoms with E-state index in [0.29, 0.717) is 0 Å². The van der Waals surface area contributed by atoms with Gasteiger partial charge >= 0.3 is 0 Å². The second-order valence-corrected chi connectivity index (χ2v) is 6.42. The van der Waals surface area contributed by atoms with Crippen LogP contribution in [0.15, 0.2) is 0 Å². The molecule has 0 saturated heterocycles. The van der Waals surface area contributed by atoms with Gasteiger partial charge in [0, 0.05) is 0 Å². The highest BCUT2D eigenvalue weighted by Gasteiger charge is 2.68. The van der Waals surface area contributed by atoms with Crippen molar-refractivity contribution in [2.75, 3.05) is 0 Å². The van der Waals surface area contributed by atoms with E-state index in [-0.39, 0.29) is 0 Å². The van der Waals surface area contributed by atoms with Crippen LogP contribution in [0.3, 0.4) is 0 Å². The summed E-state index contributed by atoms with van der Waals surface area (Å²) in [5, 5.41) is 0. The molecule has 0 heterocycles. The number of rotatable bonds is 1. The molecule has 0 aliphatic heterocycles. The highest BCUT2D eigenvalue weighted by atomic mass is 14.7. The van der Waals surface area contributed by atoms with Crippen molar-refractivity contribution in [3.63, 3.8) is 0 Å². The van der Waals surface area contributed by atoms with Gasteiger partial charge in [-0.3, -0.25) is 0 Å². The molecule has 0 amide bonds. The smallest absolute Gasteiger partial charge is 0.0210 e. The summed E-state index contributed by atoms with van der Waals surface area (Å²) in [6.45, 7) is 10.0. The van der Waals surface area contributed by atoms with E-state index in [4.69, 9.17) is 0 Å². The molecule has 7 atom stereocenters. The third-order valence-electron chi connectivity index (χ3n) is 6.57. The largest absolute Gasteiger partial charge is 0.0648 e. The fourth-order valence-corrected chi connectivity index (χ4v) is 5.52. The first-order valence-electron chi connectivity index (χ1n) is 6.63. The van der Waals surface area contributed by atoms with E-state index >= 15 is 0 Å². The van der Waals surface area contributed by atoms with Gasteiger partial charge in [-0.05, 0) is 60.2 Å². The summed E-state index contributed by atoms with van der Waals surface area (Å²) in [6, 6.07) is 0. The molecule has 80 valence electrons. The topological polar surface area (TPSA) is 0 Å². The van der Waals surface area contributed by atoms with Crippen LogP contribution in [0.25, 0.3) is 0 Å². The van der Waals surface area contributed by atoms with Gasteiger partial charge in [-0.25, -0.2) is 0 Å². The summed E-state index contributed by atoms with van der Waals surface area (Å²) < 4.78 is 0. The standard InChI is InChI=1S/C14H24/c1-5-14-10(4)8(2)9(3)12(14)6-11-7-13(11)14/h8-13H,5-7H2,1-4H3. The number of hydrogen-bond acceptors (Lipinski definition) is 0. The van der Waals surface area contributed by atoms with E-state index in [2.05, 4.69) is 27.7 Å². The lowest BCUT2D eigenvalue weighted by Crippen LogP contribution is -2.30. The fourth-order valence-electron chi connectivity index (χ4n) is 5.52. The number of hydrogen-bond donors (Lipinski definition) is 0. The average Bonchev–Trinajstić information content (AvgIpc) is 2.85. The Balaban J connectivity index is 2.01. The Morgan fingerprint density at radius 1 is 1.00 bits per heavy atom. The number of fused-ring (bicyclic) bond motifs is 3. The van der Waals surface area contributed by atoms with E-state index in [0.717, 1.165) is 40.9 Å². The first-order valence-corrected chi connectivity index (χ1v) is 6.63. The van der Waals surface area contributed by atoms with Gasteiger partial charge in [0.25, 0.3) is 0 Å². The van der Waals surface area contributed by atoms with Crippen molar-refractivity contribution < 1.29 is 0 Å². The monoisotopic (exact) mass is 192 g/mol. The van der Waals surface area contributed by atoms with Crippen LogP contribution in [0, 0.1) is 40.9 Å². The van der Waals surface area contributed by atoms with Crippen molar-refractivity contribution in [3.8, 4) is 0 Å². The van der Waals surface area contributed by atoms with Gasteiger partial charge in [-0.1, -0.05) is 27.7 Å². The van der Waals surface area contributed by atoms with E-state index in [1.807, 2.05) is 0 Å². The maximum atomic E-state index is 2.55. The van der Waals surface area contributed by atoms with Gasteiger partial charge in [-0.2, -0.15) is 0 Å². The van der Waals surface area contributed by atoms with Crippen LogP contribution in [0.4, 0.5) is 0 Å². The lowest BCUT2D eigenvalue weighted by atomic mass is 9.68. The van der Waals surface area contributed by atoms with Crippen molar-refractivity contribution in [1.29, 1.82) is 0 Å². The Bertz CT molecular complexity index is 257. The van der Waals surface area contributed by atoms with Crippen molar-refractivity contribution in [2.45, 2.75) is 47.0 Å². The Kier molecular flexibility index (Phi) is 1.70. The first kappa shape index (κ1) is 9.24. The minimum atomic E-state index is 0.781. The second-order valence-electron chi connectivity index (χ2n) is 6.42. The van der Waals surface area contributed by atoms with E-state index in [9.17, 15) is 0 Å². The zero-order valence-corrected chi connectivity index (χ0v) is 10.1. The molecule has 0 heteroatoms. The van der Waals surface area contributed by atoms with Gasteiger partial charge in [0.2, 0.25) is 0 Å². The molecule has 3 aliphatic carbocycles. The SMILES string of the molecule is CCC12C(C)C(C)C(C)C1CC1CC12. The normalized spacial score (nSPS) is 65.1. The maximum absolute atomic E-state index is 2.55. The van der Waals surface area contributed by atoms with Crippen LogP contribution >= 0.6 is 0 Å². The molecule has 0 aromatic rings. The highest BCUT2D eigenvalue weighted by Crippen LogP contribution is 2.75. The Labute approximate surface area is 88.5 Å². The van der Waals surface area contributed by atoms with Crippen molar-refractivity contribution in [3.05, 3.63) is 0 Å². The molecule has 14 heavy (non-hydrogen) atoms. The summed E-state index contributed by atoms with van der Waals surface area (Å²) in [4.78, 5) is 0. The van der Waals surface area contributed by atoms with Crippen LogP contribution in [0.1, 0.15) is 47.0 Å². The maximum Gasteiger partial charge on any atom is -0.0210 e. The van der Waals surface area contributed by atoms with Gasteiger partial charge in [0.05, 0.1) is 0 Å². The van der Waals surface area contributed by atoms with Gasteiger partial charge in [0.15, 0.2) is 0 Å². The minimum absolute atomic E-state index is 0.781. The molecule has 0 radical (unpaired) electrons. The van der Waals surface area contributed by atoms with Crippen molar-refractivity contribution in [1.82, 2.24) is 0 Å². The third-order valence-corrected chi connectivity index (χ3v) is 6.57. The zero-order valence-electron chi connectivity index (χ0n) is 10.1. The quantitative estimate of drug-likeness (QED) is 0.590. The van der Waals surface area contributed by atoms with Gasteiger partial charge in [-0.15, -0.1) is 0 Å².